The highest BCUT2D eigenvalue weighted by molar-refractivity contribution is 7.13. The highest BCUT2D eigenvalue weighted by Gasteiger charge is 2.22. The minimum atomic E-state index is -0.194. The number of nitrogens with zero attached hydrogens (tertiary/aromatic N) is 4. The molecule has 1 aromatic carbocycles. The van der Waals surface area contributed by atoms with E-state index in [1.807, 2.05) is 12.1 Å². The summed E-state index contributed by atoms with van der Waals surface area (Å²) in [6.07, 6.45) is 6.13. The monoisotopic (exact) mass is 355 g/mol. The summed E-state index contributed by atoms with van der Waals surface area (Å²) in [5, 5.41) is 6.52. The number of thiazole rings is 1. The van der Waals surface area contributed by atoms with Crippen molar-refractivity contribution in [2.75, 3.05) is 18.0 Å². The van der Waals surface area contributed by atoms with Crippen LogP contribution in [-0.4, -0.2) is 34.1 Å². The average molecular weight is 355 g/mol. The van der Waals surface area contributed by atoms with Crippen LogP contribution in [0.2, 0.25) is 0 Å². The van der Waals surface area contributed by atoms with E-state index in [1.54, 1.807) is 29.9 Å². The molecule has 1 aliphatic rings. The third-order valence-electron chi connectivity index (χ3n) is 4.29. The van der Waals surface area contributed by atoms with Crippen molar-refractivity contribution >= 4 is 17.0 Å². The Balaban J connectivity index is 1.32. The maximum absolute atomic E-state index is 13.0. The number of hydrogen-bond acceptors (Lipinski definition) is 6. The van der Waals surface area contributed by atoms with Gasteiger partial charge in [0.05, 0.1) is 11.9 Å². The van der Waals surface area contributed by atoms with Crippen molar-refractivity contribution in [3.05, 3.63) is 59.7 Å². The maximum atomic E-state index is 13.0. The molecule has 7 heteroatoms. The van der Waals surface area contributed by atoms with Gasteiger partial charge in [-0.15, -0.1) is 11.3 Å². The van der Waals surface area contributed by atoms with Crippen molar-refractivity contribution in [2.45, 2.75) is 19.0 Å². The number of hydrogen-bond donors (Lipinski definition) is 1. The van der Waals surface area contributed by atoms with Crippen LogP contribution in [0, 0.1) is 5.82 Å². The average Bonchev–Trinajstić information content (AvgIpc) is 3.31. The van der Waals surface area contributed by atoms with Crippen LogP contribution in [0.15, 0.2) is 48.2 Å². The fraction of sp³-hybridized carbons (Fsp3) is 0.278. The number of benzene rings is 1. The van der Waals surface area contributed by atoms with E-state index in [2.05, 4.69) is 30.5 Å². The summed E-state index contributed by atoms with van der Waals surface area (Å²) in [7, 11) is 0. The van der Waals surface area contributed by atoms with E-state index in [0.717, 1.165) is 48.1 Å². The van der Waals surface area contributed by atoms with Crippen LogP contribution in [0.5, 0.6) is 0 Å². The lowest BCUT2D eigenvalue weighted by molar-refractivity contribution is 0.547. The highest BCUT2D eigenvalue weighted by Crippen LogP contribution is 2.22. The van der Waals surface area contributed by atoms with Crippen LogP contribution in [0.3, 0.4) is 0 Å². The molecule has 0 spiro atoms. The molecule has 0 aliphatic carbocycles. The van der Waals surface area contributed by atoms with Gasteiger partial charge in [-0.1, -0.05) is 0 Å². The van der Waals surface area contributed by atoms with Crippen LogP contribution < -0.4 is 10.2 Å². The molecule has 2 aromatic heterocycles. The SMILES string of the molecule is Fc1ccc(N2CCC(NCc3csc(-c4cnccn4)n3)C2)cc1. The fourth-order valence-electron chi connectivity index (χ4n) is 2.98. The normalized spacial score (nSPS) is 17.2. The Morgan fingerprint density at radius 2 is 2.12 bits per heavy atom. The Morgan fingerprint density at radius 1 is 1.24 bits per heavy atom. The summed E-state index contributed by atoms with van der Waals surface area (Å²) in [5.74, 6) is -0.194. The zero-order valence-electron chi connectivity index (χ0n) is 13.6. The van der Waals surface area contributed by atoms with Gasteiger partial charge >= 0.3 is 0 Å². The second-order valence-corrected chi connectivity index (χ2v) is 6.88. The fourth-order valence-corrected chi connectivity index (χ4v) is 3.76. The molecule has 1 N–H and O–H groups in total. The molecular formula is C18H18FN5S. The molecule has 3 heterocycles. The lowest BCUT2D eigenvalue weighted by atomic mass is 10.2. The van der Waals surface area contributed by atoms with Crippen LogP contribution in [0.1, 0.15) is 12.1 Å². The van der Waals surface area contributed by atoms with Gasteiger partial charge in [-0.05, 0) is 30.7 Å². The van der Waals surface area contributed by atoms with Crippen molar-refractivity contribution < 1.29 is 4.39 Å². The molecule has 0 saturated carbocycles. The first-order chi connectivity index (χ1) is 12.3. The van der Waals surface area contributed by atoms with Crippen LogP contribution in [0.25, 0.3) is 10.7 Å². The van der Waals surface area contributed by atoms with Crippen LogP contribution in [0.4, 0.5) is 10.1 Å². The number of rotatable bonds is 5. The zero-order chi connectivity index (χ0) is 17.1. The van der Waals surface area contributed by atoms with Crippen molar-refractivity contribution in [2.24, 2.45) is 0 Å². The molecule has 128 valence electrons. The Labute approximate surface area is 149 Å². The molecule has 1 saturated heterocycles. The van der Waals surface area contributed by atoms with E-state index in [4.69, 9.17) is 0 Å². The second-order valence-electron chi connectivity index (χ2n) is 6.02. The molecule has 25 heavy (non-hydrogen) atoms. The summed E-state index contributed by atoms with van der Waals surface area (Å²) in [6.45, 7) is 2.64. The molecule has 1 aliphatic heterocycles. The van der Waals surface area contributed by atoms with Gasteiger partial charge in [0.2, 0.25) is 0 Å². The first-order valence-corrected chi connectivity index (χ1v) is 9.10. The molecule has 1 unspecified atom stereocenters. The Hall–Kier alpha value is -2.38. The predicted octanol–water partition coefficient (Wildman–Crippen LogP) is 3.11. The topological polar surface area (TPSA) is 53.9 Å². The van der Waals surface area contributed by atoms with E-state index in [1.165, 1.54) is 12.1 Å². The van der Waals surface area contributed by atoms with Crippen LogP contribution >= 0.6 is 11.3 Å². The van der Waals surface area contributed by atoms with E-state index in [-0.39, 0.29) is 5.82 Å². The predicted molar refractivity (Wildman–Crippen MR) is 97.0 cm³/mol. The van der Waals surface area contributed by atoms with E-state index in [0.29, 0.717) is 6.04 Å². The highest BCUT2D eigenvalue weighted by atomic mass is 32.1. The van der Waals surface area contributed by atoms with E-state index >= 15 is 0 Å². The maximum Gasteiger partial charge on any atom is 0.143 e. The minimum absolute atomic E-state index is 0.194. The molecule has 0 radical (unpaired) electrons. The van der Waals surface area contributed by atoms with Gasteiger partial charge in [0.1, 0.15) is 16.5 Å². The third kappa shape index (κ3) is 3.83. The Bertz CT molecular complexity index is 821. The van der Waals surface area contributed by atoms with Gasteiger partial charge in [0, 0.05) is 49.1 Å². The van der Waals surface area contributed by atoms with E-state index in [9.17, 15) is 4.39 Å². The van der Waals surface area contributed by atoms with Crippen molar-refractivity contribution in [3.63, 3.8) is 0 Å². The largest absolute Gasteiger partial charge is 0.370 e. The summed E-state index contributed by atoms with van der Waals surface area (Å²) in [4.78, 5) is 15.3. The van der Waals surface area contributed by atoms with Crippen molar-refractivity contribution in [1.82, 2.24) is 20.3 Å². The summed E-state index contributed by atoms with van der Waals surface area (Å²) in [6, 6.07) is 7.11. The number of halogens is 1. The Morgan fingerprint density at radius 3 is 2.92 bits per heavy atom. The molecule has 0 bridgehead atoms. The van der Waals surface area contributed by atoms with E-state index < -0.39 is 0 Å². The first kappa shape index (κ1) is 16.1. The number of anilines is 1. The number of nitrogens with one attached hydrogen (secondary N) is 1. The van der Waals surface area contributed by atoms with Gasteiger partial charge in [0.25, 0.3) is 0 Å². The van der Waals surface area contributed by atoms with Gasteiger partial charge in [-0.3, -0.25) is 9.97 Å². The lowest BCUT2D eigenvalue weighted by Crippen LogP contribution is -2.32. The molecule has 4 rings (SSSR count). The number of aromatic nitrogens is 3. The summed E-state index contributed by atoms with van der Waals surface area (Å²) < 4.78 is 13.0. The molecular weight excluding hydrogens is 337 g/mol. The molecule has 5 nitrogen and oxygen atoms in total. The minimum Gasteiger partial charge on any atom is -0.370 e. The van der Waals surface area contributed by atoms with Gasteiger partial charge < -0.3 is 10.2 Å². The summed E-state index contributed by atoms with van der Waals surface area (Å²) >= 11 is 1.58. The second kappa shape index (κ2) is 7.25. The molecule has 0 amide bonds. The lowest BCUT2D eigenvalue weighted by Gasteiger charge is -2.18. The molecule has 3 aromatic rings. The quantitative estimate of drug-likeness (QED) is 0.762. The first-order valence-electron chi connectivity index (χ1n) is 8.22. The van der Waals surface area contributed by atoms with Gasteiger partial charge in [0.15, 0.2) is 0 Å². The van der Waals surface area contributed by atoms with Gasteiger partial charge in [-0.25, -0.2) is 9.37 Å². The van der Waals surface area contributed by atoms with Gasteiger partial charge in [-0.2, -0.15) is 0 Å². The zero-order valence-corrected chi connectivity index (χ0v) is 14.4. The molecule has 1 atom stereocenters. The molecule has 1 fully saturated rings. The van der Waals surface area contributed by atoms with Crippen molar-refractivity contribution in [3.8, 4) is 10.7 Å². The smallest absolute Gasteiger partial charge is 0.143 e. The van der Waals surface area contributed by atoms with Crippen LogP contribution in [-0.2, 0) is 6.54 Å². The third-order valence-corrected chi connectivity index (χ3v) is 5.20. The standard InChI is InChI=1S/C18H18FN5S/c19-13-1-3-16(4-2-13)24-8-5-14(11-24)22-9-15-12-25-18(23-15)17-10-20-6-7-21-17/h1-4,6-7,10,12,14,22H,5,8-9,11H2. The Kier molecular flexibility index (Phi) is 4.67. The van der Waals surface area contributed by atoms with Crippen molar-refractivity contribution in [1.29, 1.82) is 0 Å². The summed E-state index contributed by atoms with van der Waals surface area (Å²) in [5.41, 5.74) is 2.90.